The molecule has 0 aliphatic carbocycles. The van der Waals surface area contributed by atoms with E-state index in [1.807, 2.05) is 32.9 Å². The molecule has 90 valence electrons. The van der Waals surface area contributed by atoms with Gasteiger partial charge in [-0.25, -0.2) is 0 Å². The number of hydrogen-bond donors (Lipinski definition) is 1. The number of halogens is 1. The molecular formula is C12H18ClNOS. The molecule has 0 saturated carbocycles. The molecule has 2 atom stereocenters. The summed E-state index contributed by atoms with van der Waals surface area (Å²) < 4.78 is 12.1. The van der Waals surface area contributed by atoms with Gasteiger partial charge in [0.1, 0.15) is 0 Å². The van der Waals surface area contributed by atoms with E-state index in [9.17, 15) is 4.21 Å². The van der Waals surface area contributed by atoms with Crippen molar-refractivity contribution in [3.63, 3.8) is 0 Å². The van der Waals surface area contributed by atoms with Crippen LogP contribution in [0.4, 0.5) is 0 Å². The van der Waals surface area contributed by atoms with Crippen LogP contribution in [0.5, 0.6) is 0 Å². The molecule has 0 bridgehead atoms. The third kappa shape index (κ3) is 3.58. The van der Waals surface area contributed by atoms with Gasteiger partial charge in [0.15, 0.2) is 0 Å². The lowest BCUT2D eigenvalue weighted by molar-refractivity contribution is 0.342. The quantitative estimate of drug-likeness (QED) is 0.907. The third-order valence-corrected chi connectivity index (χ3v) is 4.48. The summed E-state index contributed by atoms with van der Waals surface area (Å²) in [5, 5.41) is 0.543. The van der Waals surface area contributed by atoms with E-state index in [0.29, 0.717) is 15.7 Å². The standard InChI is InChI=1S/C12H18ClNOS/c1-12(2,3)11(14)8-16(15)10-7-5-4-6-9(10)13/h4-7,11H,8,14H2,1-3H3. The van der Waals surface area contributed by atoms with Crippen molar-refractivity contribution in [2.45, 2.75) is 31.7 Å². The minimum absolute atomic E-state index is 0.0447. The summed E-state index contributed by atoms with van der Waals surface area (Å²) in [5.74, 6) is 0.438. The van der Waals surface area contributed by atoms with Crippen LogP contribution in [-0.2, 0) is 10.8 Å². The molecule has 0 radical (unpaired) electrons. The summed E-state index contributed by atoms with van der Waals surface area (Å²) in [6, 6.07) is 7.09. The molecule has 0 amide bonds. The number of nitrogens with two attached hydrogens (primary N) is 1. The molecule has 4 heteroatoms. The van der Waals surface area contributed by atoms with Crippen LogP contribution in [0, 0.1) is 5.41 Å². The van der Waals surface area contributed by atoms with Gasteiger partial charge >= 0.3 is 0 Å². The van der Waals surface area contributed by atoms with Crippen LogP contribution in [0.2, 0.25) is 5.02 Å². The largest absolute Gasteiger partial charge is 0.326 e. The van der Waals surface area contributed by atoms with E-state index in [1.54, 1.807) is 12.1 Å². The highest BCUT2D eigenvalue weighted by molar-refractivity contribution is 7.85. The summed E-state index contributed by atoms with van der Waals surface area (Å²) in [6.07, 6.45) is 0. The van der Waals surface area contributed by atoms with Crippen LogP contribution in [0.1, 0.15) is 20.8 Å². The van der Waals surface area contributed by atoms with Gasteiger partial charge in [-0.2, -0.15) is 0 Å². The highest BCUT2D eigenvalue weighted by atomic mass is 35.5. The first kappa shape index (κ1) is 13.7. The number of hydrogen-bond acceptors (Lipinski definition) is 2. The SMILES string of the molecule is CC(C)(C)C(N)CS(=O)c1ccccc1Cl. The highest BCUT2D eigenvalue weighted by Gasteiger charge is 2.23. The third-order valence-electron chi connectivity index (χ3n) is 2.53. The van der Waals surface area contributed by atoms with E-state index in [1.165, 1.54) is 0 Å². The first-order chi connectivity index (χ1) is 7.32. The molecule has 16 heavy (non-hydrogen) atoms. The van der Waals surface area contributed by atoms with Crippen molar-refractivity contribution in [3.05, 3.63) is 29.3 Å². The predicted molar refractivity (Wildman–Crippen MR) is 70.2 cm³/mol. The van der Waals surface area contributed by atoms with Crippen LogP contribution in [0.15, 0.2) is 29.2 Å². The van der Waals surface area contributed by atoms with Crippen molar-refractivity contribution in [1.82, 2.24) is 0 Å². The van der Waals surface area contributed by atoms with Gasteiger partial charge in [-0.1, -0.05) is 44.5 Å². The molecule has 2 N–H and O–H groups in total. The Morgan fingerprint density at radius 2 is 1.94 bits per heavy atom. The minimum atomic E-state index is -1.13. The maximum absolute atomic E-state index is 12.1. The zero-order valence-electron chi connectivity index (χ0n) is 9.87. The lowest BCUT2D eigenvalue weighted by Gasteiger charge is -2.26. The zero-order chi connectivity index (χ0) is 12.3. The lowest BCUT2D eigenvalue weighted by Crippen LogP contribution is -2.39. The molecular weight excluding hydrogens is 242 g/mol. The normalized spacial score (nSPS) is 15.8. The van der Waals surface area contributed by atoms with Crippen molar-refractivity contribution >= 4 is 22.4 Å². The Balaban J connectivity index is 2.78. The second-order valence-electron chi connectivity index (χ2n) is 4.92. The Morgan fingerprint density at radius 3 is 2.44 bits per heavy atom. The van der Waals surface area contributed by atoms with Crippen molar-refractivity contribution in [3.8, 4) is 0 Å². The number of rotatable bonds is 3. The average Bonchev–Trinajstić information content (AvgIpc) is 2.16. The van der Waals surface area contributed by atoms with Crippen molar-refractivity contribution in [2.24, 2.45) is 11.1 Å². The monoisotopic (exact) mass is 259 g/mol. The van der Waals surface area contributed by atoms with E-state index in [2.05, 4.69) is 0 Å². The van der Waals surface area contributed by atoms with Gasteiger partial charge in [0, 0.05) is 11.8 Å². The van der Waals surface area contributed by atoms with Crippen LogP contribution in [-0.4, -0.2) is 16.0 Å². The van der Waals surface area contributed by atoms with E-state index in [0.717, 1.165) is 0 Å². The Morgan fingerprint density at radius 1 is 1.38 bits per heavy atom. The zero-order valence-corrected chi connectivity index (χ0v) is 11.4. The van der Waals surface area contributed by atoms with Crippen molar-refractivity contribution in [1.29, 1.82) is 0 Å². The summed E-state index contributed by atoms with van der Waals surface area (Å²) in [4.78, 5) is 0.670. The van der Waals surface area contributed by atoms with Gasteiger partial charge in [-0.3, -0.25) is 4.21 Å². The molecule has 0 aliphatic rings. The summed E-state index contributed by atoms with van der Waals surface area (Å²) >= 11 is 5.98. The van der Waals surface area contributed by atoms with E-state index in [4.69, 9.17) is 17.3 Å². The van der Waals surface area contributed by atoms with Crippen molar-refractivity contribution in [2.75, 3.05) is 5.75 Å². The topological polar surface area (TPSA) is 43.1 Å². The molecule has 0 spiro atoms. The number of benzene rings is 1. The van der Waals surface area contributed by atoms with E-state index in [-0.39, 0.29) is 11.5 Å². The van der Waals surface area contributed by atoms with E-state index < -0.39 is 10.8 Å². The molecule has 0 saturated heterocycles. The smallest absolute Gasteiger partial charge is 0.0574 e. The maximum atomic E-state index is 12.1. The second kappa shape index (κ2) is 5.30. The van der Waals surface area contributed by atoms with E-state index >= 15 is 0 Å². The van der Waals surface area contributed by atoms with Gasteiger partial charge in [-0.15, -0.1) is 0 Å². The molecule has 2 unspecified atom stereocenters. The van der Waals surface area contributed by atoms with Gasteiger partial charge < -0.3 is 5.73 Å². The fourth-order valence-corrected chi connectivity index (χ4v) is 3.05. The average molecular weight is 260 g/mol. The first-order valence-corrected chi connectivity index (χ1v) is 6.90. The molecule has 1 rings (SSSR count). The van der Waals surface area contributed by atoms with Crippen LogP contribution in [0.3, 0.4) is 0 Å². The molecule has 0 heterocycles. The van der Waals surface area contributed by atoms with Gasteiger partial charge in [-0.05, 0) is 17.5 Å². The van der Waals surface area contributed by atoms with Gasteiger partial charge in [0.2, 0.25) is 0 Å². The summed E-state index contributed by atoms with van der Waals surface area (Å²) in [7, 11) is -1.13. The van der Waals surface area contributed by atoms with Crippen LogP contribution >= 0.6 is 11.6 Å². The maximum Gasteiger partial charge on any atom is 0.0574 e. The lowest BCUT2D eigenvalue weighted by atomic mass is 9.89. The Kier molecular flexibility index (Phi) is 4.53. The predicted octanol–water partition coefficient (Wildman–Crippen LogP) is 2.82. The fourth-order valence-electron chi connectivity index (χ4n) is 1.13. The van der Waals surface area contributed by atoms with Gasteiger partial charge in [0.25, 0.3) is 0 Å². The van der Waals surface area contributed by atoms with Gasteiger partial charge in [0.05, 0.1) is 20.7 Å². The molecule has 1 aromatic rings. The Hall–Kier alpha value is -0.380. The fraction of sp³-hybridized carbons (Fsp3) is 0.500. The molecule has 0 aromatic heterocycles. The molecule has 2 nitrogen and oxygen atoms in total. The summed E-state index contributed by atoms with van der Waals surface area (Å²) in [5.41, 5.74) is 5.96. The molecule has 0 aliphatic heterocycles. The Bertz CT molecular complexity index is 387. The highest BCUT2D eigenvalue weighted by Crippen LogP contribution is 2.23. The Labute approximate surface area is 105 Å². The van der Waals surface area contributed by atoms with Crippen molar-refractivity contribution < 1.29 is 4.21 Å². The minimum Gasteiger partial charge on any atom is -0.326 e. The van der Waals surface area contributed by atoms with Crippen LogP contribution < -0.4 is 5.73 Å². The molecule has 1 aromatic carbocycles. The molecule has 0 fully saturated rings. The summed E-state index contributed by atoms with van der Waals surface area (Å²) in [6.45, 7) is 6.13. The second-order valence-corrected chi connectivity index (χ2v) is 6.79. The first-order valence-electron chi connectivity index (χ1n) is 5.21. The van der Waals surface area contributed by atoms with Crippen LogP contribution in [0.25, 0.3) is 0 Å².